The van der Waals surface area contributed by atoms with E-state index < -0.39 is 35.4 Å². The van der Waals surface area contributed by atoms with E-state index in [4.69, 9.17) is 10.2 Å². The summed E-state index contributed by atoms with van der Waals surface area (Å²) in [7, 11) is 0. The van der Waals surface area contributed by atoms with Gasteiger partial charge in [0.15, 0.2) is 0 Å². The molecule has 0 aliphatic carbocycles. The fourth-order valence-corrected chi connectivity index (χ4v) is 8.30. The van der Waals surface area contributed by atoms with E-state index in [0.717, 1.165) is 24.3 Å². The van der Waals surface area contributed by atoms with Gasteiger partial charge in [0.25, 0.3) is 0 Å². The van der Waals surface area contributed by atoms with Crippen molar-refractivity contribution in [2.45, 2.75) is 60.8 Å². The second-order valence-electron chi connectivity index (χ2n) is 10.6. The number of anilines is 4. The minimum Gasteiger partial charge on any atom is -0.478 e. The number of rotatable bonds is 12. The molecule has 4 aromatic rings. The zero-order valence-corrected chi connectivity index (χ0v) is 29.8. The maximum atomic E-state index is 12.6. The number of para-hydroxylation sites is 2. The Balaban J connectivity index is 0.000000275. The Hall–Kier alpha value is -4.20. The molecule has 4 aromatic carbocycles. The van der Waals surface area contributed by atoms with Crippen LogP contribution in [0.4, 0.5) is 49.1 Å². The van der Waals surface area contributed by atoms with E-state index >= 15 is 0 Å². The average molecular weight is 795 g/mol. The van der Waals surface area contributed by atoms with Crippen LogP contribution in [0.1, 0.15) is 71.4 Å². The molecule has 0 aliphatic heterocycles. The molecule has 0 fully saturated rings. The van der Waals surface area contributed by atoms with Crippen LogP contribution in [0.2, 0.25) is 8.87 Å². The molecule has 0 atom stereocenters. The predicted molar refractivity (Wildman–Crippen MR) is 181 cm³/mol. The van der Waals surface area contributed by atoms with E-state index in [1.54, 1.807) is 33.1 Å². The smallest absolute Gasteiger partial charge is 0.416 e. The Kier molecular flexibility index (Phi) is 17.0. The average Bonchev–Trinajstić information content (AvgIpc) is 3.05. The van der Waals surface area contributed by atoms with Gasteiger partial charge in [0.1, 0.15) is 0 Å². The van der Waals surface area contributed by atoms with E-state index in [0.29, 0.717) is 0 Å². The molecule has 13 heteroatoms. The number of carboxylic acids is 2. The Morgan fingerprint density at radius 1 is 0.592 bits per heavy atom. The number of aromatic carboxylic acids is 2. The predicted octanol–water partition coefficient (Wildman–Crippen LogP) is 11.4. The molecule has 0 amide bonds. The van der Waals surface area contributed by atoms with Gasteiger partial charge in [-0.1, -0.05) is 36.4 Å². The standard InChI is InChI=1S/2C14H10F3NO2.2C4H9.Sn/c2*15-14(16,17)9-4-3-5-10(8-9)18-12-7-2-1-6-11(12)13(19)20;2*1-3-4-2;/h2*1-8,18H,(H,19,20);2*1,3-4H2,2H3;. The summed E-state index contributed by atoms with van der Waals surface area (Å²) in [6.45, 7) is 4.58. The first-order valence-electron chi connectivity index (χ1n) is 15.4. The summed E-state index contributed by atoms with van der Waals surface area (Å²) in [5.41, 5.74) is -0.791. The fourth-order valence-electron chi connectivity index (χ4n) is 4.14. The van der Waals surface area contributed by atoms with Crippen LogP contribution in [-0.4, -0.2) is 43.3 Å². The van der Waals surface area contributed by atoms with Gasteiger partial charge in [-0.25, -0.2) is 9.59 Å². The van der Waals surface area contributed by atoms with Crippen LogP contribution in [0, 0.1) is 0 Å². The maximum Gasteiger partial charge on any atom is 0.416 e. The summed E-state index contributed by atoms with van der Waals surface area (Å²) in [6, 6.07) is 21.2. The molecule has 49 heavy (non-hydrogen) atoms. The van der Waals surface area contributed by atoms with Crippen molar-refractivity contribution in [1.82, 2.24) is 0 Å². The molecular formula is C36H38F6N2O4Sn. The first-order chi connectivity index (χ1) is 23.2. The minimum absolute atomic E-state index is 0.00934. The fraction of sp³-hybridized carbons (Fsp3) is 0.278. The van der Waals surface area contributed by atoms with Gasteiger partial charge in [0.05, 0.1) is 33.6 Å². The van der Waals surface area contributed by atoms with Crippen molar-refractivity contribution < 1.29 is 46.1 Å². The van der Waals surface area contributed by atoms with Crippen molar-refractivity contribution in [2.75, 3.05) is 10.6 Å². The second kappa shape index (κ2) is 20.3. The van der Waals surface area contributed by atoms with Gasteiger partial charge in [0, 0.05) is 11.4 Å². The molecule has 4 N–H and O–H groups in total. The van der Waals surface area contributed by atoms with Crippen molar-refractivity contribution in [1.29, 1.82) is 0 Å². The number of hydrogen-bond donors (Lipinski definition) is 4. The molecule has 6 nitrogen and oxygen atoms in total. The molecule has 2 radical (unpaired) electrons. The number of halogens is 6. The van der Waals surface area contributed by atoms with Crippen molar-refractivity contribution in [2.24, 2.45) is 0 Å². The third-order valence-electron chi connectivity index (χ3n) is 6.67. The van der Waals surface area contributed by atoms with Crippen molar-refractivity contribution >= 4 is 55.8 Å². The summed E-state index contributed by atoms with van der Waals surface area (Å²) < 4.78 is 78.8. The van der Waals surface area contributed by atoms with Crippen molar-refractivity contribution in [3.8, 4) is 0 Å². The van der Waals surface area contributed by atoms with Gasteiger partial charge in [-0.2, -0.15) is 26.3 Å². The Morgan fingerprint density at radius 2 is 0.959 bits per heavy atom. The molecule has 262 valence electrons. The Bertz CT molecular complexity index is 1510. The molecule has 0 bridgehead atoms. The van der Waals surface area contributed by atoms with Gasteiger partial charge < -0.3 is 20.8 Å². The number of alkyl halides is 6. The molecule has 4 rings (SSSR count). The van der Waals surface area contributed by atoms with Crippen molar-refractivity contribution in [3.05, 3.63) is 119 Å². The zero-order valence-electron chi connectivity index (χ0n) is 27.0. The van der Waals surface area contributed by atoms with Gasteiger partial charge in [0.2, 0.25) is 0 Å². The number of hydrogen-bond acceptors (Lipinski definition) is 4. The summed E-state index contributed by atoms with van der Waals surface area (Å²) in [6.07, 6.45) is -3.04. The summed E-state index contributed by atoms with van der Waals surface area (Å²) in [5.74, 6) is -2.31. The Labute approximate surface area is 291 Å². The first kappa shape index (κ1) is 41.0. The topological polar surface area (TPSA) is 98.7 Å². The molecule has 0 aliphatic rings. The molecular weight excluding hydrogens is 757 g/mol. The summed E-state index contributed by atoms with van der Waals surface area (Å²) in [4.78, 5) is 22.0. The SMILES string of the molecule is CCC[CH2][Sn][CH2]CCC.O=C(O)c1ccccc1Nc1cccc(C(F)(F)F)c1.O=C(O)c1ccccc1Nc1cccc(C(F)(F)F)c1. The van der Waals surface area contributed by atoms with Crippen LogP contribution in [0.3, 0.4) is 0 Å². The monoisotopic (exact) mass is 796 g/mol. The molecule has 0 saturated carbocycles. The van der Waals surface area contributed by atoms with Crippen molar-refractivity contribution in [3.63, 3.8) is 0 Å². The maximum absolute atomic E-state index is 12.6. The number of unbranched alkanes of at least 4 members (excludes halogenated alkanes) is 2. The second-order valence-corrected chi connectivity index (χ2v) is 14.8. The van der Waals surface area contributed by atoms with Crippen LogP contribution in [-0.2, 0) is 12.4 Å². The number of benzene rings is 4. The Morgan fingerprint density at radius 3 is 1.29 bits per heavy atom. The summed E-state index contributed by atoms with van der Waals surface area (Å²) >= 11 is 0.149. The quantitative estimate of drug-likeness (QED) is 0.0648. The normalized spacial score (nSPS) is 10.9. The van der Waals surface area contributed by atoms with E-state index in [-0.39, 0.29) is 55.0 Å². The third kappa shape index (κ3) is 14.8. The number of carbonyl (C=O) groups is 2. The first-order valence-corrected chi connectivity index (χ1v) is 19.4. The van der Waals surface area contributed by atoms with Crippen LogP contribution in [0.5, 0.6) is 0 Å². The third-order valence-corrected chi connectivity index (χ3v) is 10.7. The number of carboxylic acid groups (broad SMARTS) is 2. The van der Waals surface area contributed by atoms with Crippen LogP contribution < -0.4 is 10.6 Å². The van der Waals surface area contributed by atoms with Gasteiger partial charge in [-0.15, -0.1) is 0 Å². The molecule has 0 unspecified atom stereocenters. The summed E-state index contributed by atoms with van der Waals surface area (Å²) in [5, 5.41) is 23.4. The van der Waals surface area contributed by atoms with E-state index in [1.165, 1.54) is 74.2 Å². The molecule has 0 heterocycles. The number of nitrogens with one attached hydrogen (secondary N) is 2. The van der Waals surface area contributed by atoms with Gasteiger partial charge in [-0.3, -0.25) is 0 Å². The molecule has 0 spiro atoms. The zero-order chi connectivity index (χ0) is 36.5. The van der Waals surface area contributed by atoms with E-state index in [2.05, 4.69) is 24.5 Å². The van der Waals surface area contributed by atoms with Crippen LogP contribution in [0.25, 0.3) is 0 Å². The van der Waals surface area contributed by atoms with E-state index in [9.17, 15) is 35.9 Å². The van der Waals surface area contributed by atoms with Crippen LogP contribution >= 0.6 is 0 Å². The van der Waals surface area contributed by atoms with Gasteiger partial charge >= 0.3 is 93.8 Å². The molecule has 0 saturated heterocycles. The van der Waals surface area contributed by atoms with E-state index in [1.807, 2.05) is 0 Å². The van der Waals surface area contributed by atoms with Crippen LogP contribution in [0.15, 0.2) is 97.1 Å². The largest absolute Gasteiger partial charge is 0.478 e. The molecule has 0 aromatic heterocycles. The van der Waals surface area contributed by atoms with Gasteiger partial charge in [-0.05, 0) is 60.7 Å². The minimum atomic E-state index is -4.44.